The number of benzene rings is 1. The minimum atomic E-state index is -0.548. The van der Waals surface area contributed by atoms with Crippen LogP contribution in [0.15, 0.2) is 30.3 Å². The van der Waals surface area contributed by atoms with Crippen molar-refractivity contribution in [3.05, 3.63) is 35.9 Å². The molecular weight excluding hydrogens is 278 g/mol. The Morgan fingerprint density at radius 1 is 1.23 bits per heavy atom. The summed E-state index contributed by atoms with van der Waals surface area (Å²) in [6.07, 6.45) is 1.79. The second-order valence-corrected chi connectivity index (χ2v) is 7.07. The third-order valence-corrected chi connectivity index (χ3v) is 4.90. The summed E-state index contributed by atoms with van der Waals surface area (Å²) >= 11 is 0. The zero-order chi connectivity index (χ0) is 15.8. The monoisotopic (exact) mass is 305 g/mol. The van der Waals surface area contributed by atoms with Crippen LogP contribution < -0.4 is 5.73 Å². The Morgan fingerprint density at radius 3 is 2.64 bits per heavy atom. The molecule has 4 heteroatoms. The molecule has 1 heterocycles. The van der Waals surface area contributed by atoms with Gasteiger partial charge in [0.05, 0.1) is 19.3 Å². The van der Waals surface area contributed by atoms with Crippen LogP contribution in [-0.4, -0.2) is 30.1 Å². The smallest absolute Gasteiger partial charge is 0.163 e. The highest BCUT2D eigenvalue weighted by Gasteiger charge is 2.59. The summed E-state index contributed by atoms with van der Waals surface area (Å²) < 4.78 is 18.1. The fraction of sp³-hybridized carbons (Fsp3) is 0.667. The van der Waals surface area contributed by atoms with E-state index in [-0.39, 0.29) is 17.7 Å². The van der Waals surface area contributed by atoms with Crippen molar-refractivity contribution in [2.75, 3.05) is 6.61 Å². The Bertz CT molecular complexity index is 504. The number of fused-ring (bicyclic) bond motifs is 1. The molecule has 2 N–H and O–H groups in total. The van der Waals surface area contributed by atoms with Crippen LogP contribution >= 0.6 is 0 Å². The molecule has 3 rings (SSSR count). The maximum Gasteiger partial charge on any atom is 0.163 e. The molecule has 0 radical (unpaired) electrons. The molecule has 0 spiro atoms. The van der Waals surface area contributed by atoms with Gasteiger partial charge in [-0.2, -0.15) is 0 Å². The highest BCUT2D eigenvalue weighted by atomic mass is 16.8. The van der Waals surface area contributed by atoms with Crippen LogP contribution in [0.5, 0.6) is 0 Å². The van der Waals surface area contributed by atoms with Gasteiger partial charge in [-0.1, -0.05) is 37.3 Å². The third-order valence-electron chi connectivity index (χ3n) is 4.90. The number of nitrogens with two attached hydrogens (primary N) is 1. The Labute approximate surface area is 132 Å². The molecule has 122 valence electrons. The minimum absolute atomic E-state index is 0.0298. The van der Waals surface area contributed by atoms with Gasteiger partial charge >= 0.3 is 0 Å². The van der Waals surface area contributed by atoms with Crippen LogP contribution in [0.2, 0.25) is 0 Å². The largest absolute Gasteiger partial charge is 0.376 e. The Hall–Kier alpha value is -0.940. The highest BCUT2D eigenvalue weighted by molar-refractivity contribution is 5.13. The van der Waals surface area contributed by atoms with Crippen LogP contribution in [0, 0.1) is 5.92 Å². The van der Waals surface area contributed by atoms with E-state index in [0.29, 0.717) is 19.1 Å². The predicted molar refractivity (Wildman–Crippen MR) is 85.2 cm³/mol. The number of rotatable bonds is 5. The fourth-order valence-corrected chi connectivity index (χ4v) is 3.70. The molecular formula is C18H27NO3. The lowest BCUT2D eigenvalue weighted by molar-refractivity contribution is -0.165. The summed E-state index contributed by atoms with van der Waals surface area (Å²) in [5.74, 6) is -0.256. The van der Waals surface area contributed by atoms with Crippen molar-refractivity contribution < 1.29 is 14.2 Å². The lowest BCUT2D eigenvalue weighted by atomic mass is 9.92. The van der Waals surface area contributed by atoms with E-state index in [1.165, 1.54) is 5.56 Å². The summed E-state index contributed by atoms with van der Waals surface area (Å²) in [7, 11) is 0. The van der Waals surface area contributed by atoms with E-state index in [9.17, 15) is 0 Å². The van der Waals surface area contributed by atoms with E-state index >= 15 is 0 Å². The first-order valence-electron chi connectivity index (χ1n) is 8.20. The maximum absolute atomic E-state index is 6.58. The van der Waals surface area contributed by atoms with Crippen LogP contribution in [0.1, 0.15) is 39.2 Å². The molecule has 2 aliphatic rings. The van der Waals surface area contributed by atoms with Gasteiger partial charge in [0, 0.05) is 11.5 Å². The Kier molecular flexibility index (Phi) is 4.29. The predicted octanol–water partition coefficient (Wildman–Crippen LogP) is 2.85. The summed E-state index contributed by atoms with van der Waals surface area (Å²) in [6.45, 7) is 7.34. The fourth-order valence-electron chi connectivity index (χ4n) is 3.70. The van der Waals surface area contributed by atoms with E-state index in [1.807, 2.05) is 32.0 Å². The lowest BCUT2D eigenvalue weighted by Gasteiger charge is -2.30. The van der Waals surface area contributed by atoms with Crippen LogP contribution in [0.3, 0.4) is 0 Å². The number of hydrogen-bond acceptors (Lipinski definition) is 4. The molecule has 0 amide bonds. The first-order chi connectivity index (χ1) is 10.4. The van der Waals surface area contributed by atoms with Crippen molar-refractivity contribution in [3.63, 3.8) is 0 Å². The van der Waals surface area contributed by atoms with Crippen molar-refractivity contribution in [1.29, 1.82) is 0 Å². The van der Waals surface area contributed by atoms with E-state index in [2.05, 4.69) is 19.1 Å². The van der Waals surface area contributed by atoms with Gasteiger partial charge < -0.3 is 19.9 Å². The first kappa shape index (κ1) is 15.9. The van der Waals surface area contributed by atoms with Gasteiger partial charge in [0.1, 0.15) is 6.10 Å². The summed E-state index contributed by atoms with van der Waals surface area (Å²) in [6, 6.07) is 10.2. The van der Waals surface area contributed by atoms with Crippen LogP contribution in [0.4, 0.5) is 0 Å². The molecule has 1 saturated carbocycles. The molecule has 1 unspecified atom stereocenters. The molecule has 1 aromatic rings. The number of hydrogen-bond donors (Lipinski definition) is 1. The standard InChI is InChI=1S/C18H27NO3/c1-4-18(19)10-14(15-16(18)22-17(2,3)21-15)12-20-11-13-8-6-5-7-9-13/h5-9,14-16H,4,10-12,19H2,1-3H3/t14-,15-,16-,18?/m1/s1. The van der Waals surface area contributed by atoms with Gasteiger partial charge in [-0.05, 0) is 32.3 Å². The summed E-state index contributed by atoms with van der Waals surface area (Å²) in [5, 5.41) is 0. The minimum Gasteiger partial charge on any atom is -0.376 e. The maximum atomic E-state index is 6.58. The van der Waals surface area contributed by atoms with Gasteiger partial charge in [-0.15, -0.1) is 0 Å². The highest BCUT2D eigenvalue weighted by Crippen LogP contribution is 2.47. The lowest BCUT2D eigenvalue weighted by Crippen LogP contribution is -2.49. The zero-order valence-corrected chi connectivity index (χ0v) is 13.7. The molecule has 4 atom stereocenters. The second kappa shape index (κ2) is 5.93. The molecule has 1 aliphatic carbocycles. The number of ether oxygens (including phenoxy) is 3. The van der Waals surface area contributed by atoms with Crippen LogP contribution in [0.25, 0.3) is 0 Å². The third kappa shape index (κ3) is 3.06. The molecule has 0 aromatic heterocycles. The Morgan fingerprint density at radius 2 is 1.95 bits per heavy atom. The molecule has 22 heavy (non-hydrogen) atoms. The average Bonchev–Trinajstić information content (AvgIpc) is 2.94. The van der Waals surface area contributed by atoms with Gasteiger partial charge in [-0.25, -0.2) is 0 Å². The van der Waals surface area contributed by atoms with Gasteiger partial charge in [0.15, 0.2) is 5.79 Å². The molecule has 2 fully saturated rings. The van der Waals surface area contributed by atoms with Gasteiger partial charge in [-0.3, -0.25) is 0 Å². The van der Waals surface area contributed by atoms with Gasteiger partial charge in [0.2, 0.25) is 0 Å². The normalized spacial score (nSPS) is 36.5. The molecule has 4 nitrogen and oxygen atoms in total. The zero-order valence-electron chi connectivity index (χ0n) is 13.7. The SMILES string of the molecule is CCC1(N)C[C@H](COCc2ccccc2)[C@H]2OC(C)(C)O[C@H]21. The topological polar surface area (TPSA) is 53.7 Å². The summed E-state index contributed by atoms with van der Waals surface area (Å²) in [4.78, 5) is 0. The van der Waals surface area contributed by atoms with Crippen molar-refractivity contribution in [2.24, 2.45) is 11.7 Å². The van der Waals surface area contributed by atoms with E-state index in [4.69, 9.17) is 19.9 Å². The van der Waals surface area contributed by atoms with Crippen molar-refractivity contribution in [1.82, 2.24) is 0 Å². The molecule has 1 aliphatic heterocycles. The molecule has 1 aromatic carbocycles. The Balaban J connectivity index is 1.62. The van der Waals surface area contributed by atoms with Crippen molar-refractivity contribution in [2.45, 2.75) is 63.8 Å². The average molecular weight is 305 g/mol. The van der Waals surface area contributed by atoms with Crippen LogP contribution in [-0.2, 0) is 20.8 Å². The van der Waals surface area contributed by atoms with Gasteiger partial charge in [0.25, 0.3) is 0 Å². The van der Waals surface area contributed by atoms with Crippen molar-refractivity contribution >= 4 is 0 Å². The van der Waals surface area contributed by atoms with Crippen molar-refractivity contribution in [3.8, 4) is 0 Å². The van der Waals surface area contributed by atoms with E-state index in [1.54, 1.807) is 0 Å². The second-order valence-electron chi connectivity index (χ2n) is 7.07. The summed E-state index contributed by atoms with van der Waals surface area (Å²) in [5.41, 5.74) is 7.46. The molecule has 0 bridgehead atoms. The van der Waals surface area contributed by atoms with E-state index < -0.39 is 5.79 Å². The first-order valence-corrected chi connectivity index (χ1v) is 8.20. The molecule has 1 saturated heterocycles. The van der Waals surface area contributed by atoms with E-state index in [0.717, 1.165) is 12.8 Å². The quantitative estimate of drug-likeness (QED) is 0.909.